The predicted octanol–water partition coefficient (Wildman–Crippen LogP) is 1.91. The number of rotatable bonds is 2. The average molecular weight is 287 g/mol. The van der Waals surface area contributed by atoms with Gasteiger partial charge in [0.2, 0.25) is 0 Å². The summed E-state index contributed by atoms with van der Waals surface area (Å²) < 4.78 is 6.67. The molecule has 1 fully saturated rings. The van der Waals surface area contributed by atoms with E-state index in [0.717, 1.165) is 0 Å². The molecule has 1 aliphatic rings. The van der Waals surface area contributed by atoms with Crippen molar-refractivity contribution in [1.82, 2.24) is 9.55 Å². The van der Waals surface area contributed by atoms with E-state index < -0.39 is 5.69 Å². The highest BCUT2D eigenvalue weighted by Crippen LogP contribution is 2.25. The molecule has 1 saturated heterocycles. The monoisotopic (exact) mass is 286 g/mol. The molecule has 2 atom stereocenters. The van der Waals surface area contributed by atoms with Gasteiger partial charge >= 0.3 is 5.69 Å². The van der Waals surface area contributed by atoms with Gasteiger partial charge in [0.25, 0.3) is 5.56 Å². The standard InChI is InChI=1S/C13H19ClN2O3/c1-7(2)10-11(14)15-13(18)16(12(10)17)9-4-5-19-6-8(9)3/h7-9H,4-6H2,1-3H3,(H,15,18). The fourth-order valence-corrected chi connectivity index (χ4v) is 2.97. The van der Waals surface area contributed by atoms with Gasteiger partial charge in [-0.05, 0) is 12.3 Å². The van der Waals surface area contributed by atoms with E-state index in [-0.39, 0.29) is 28.6 Å². The van der Waals surface area contributed by atoms with E-state index in [9.17, 15) is 9.59 Å². The molecule has 2 rings (SSSR count). The van der Waals surface area contributed by atoms with Crippen LogP contribution in [0.15, 0.2) is 9.59 Å². The summed E-state index contributed by atoms with van der Waals surface area (Å²) in [6.45, 7) is 6.90. The van der Waals surface area contributed by atoms with Gasteiger partial charge in [-0.3, -0.25) is 14.3 Å². The van der Waals surface area contributed by atoms with Gasteiger partial charge in [0.1, 0.15) is 5.15 Å². The smallest absolute Gasteiger partial charge is 0.329 e. The average Bonchev–Trinajstić information content (AvgIpc) is 2.30. The number of hydrogen-bond donors (Lipinski definition) is 1. The Kier molecular flexibility index (Phi) is 4.16. The lowest BCUT2D eigenvalue weighted by molar-refractivity contribution is 0.0262. The molecular weight excluding hydrogens is 268 g/mol. The Morgan fingerprint density at radius 1 is 1.42 bits per heavy atom. The first kappa shape index (κ1) is 14.3. The van der Waals surface area contributed by atoms with E-state index in [4.69, 9.17) is 16.3 Å². The third-order valence-corrected chi connectivity index (χ3v) is 3.92. The maximum atomic E-state index is 12.5. The second-order valence-electron chi connectivity index (χ2n) is 5.40. The number of hydrogen-bond acceptors (Lipinski definition) is 3. The predicted molar refractivity (Wildman–Crippen MR) is 74.1 cm³/mol. The van der Waals surface area contributed by atoms with E-state index in [1.165, 1.54) is 4.57 Å². The van der Waals surface area contributed by atoms with E-state index in [0.29, 0.717) is 25.2 Å². The first-order valence-corrected chi connectivity index (χ1v) is 6.93. The fraction of sp³-hybridized carbons (Fsp3) is 0.692. The van der Waals surface area contributed by atoms with Crippen LogP contribution < -0.4 is 11.2 Å². The summed E-state index contributed by atoms with van der Waals surface area (Å²) in [5.74, 6) is 0.104. The van der Waals surface area contributed by atoms with Gasteiger partial charge in [0.15, 0.2) is 0 Å². The van der Waals surface area contributed by atoms with Gasteiger partial charge in [0.05, 0.1) is 12.2 Å². The lowest BCUT2D eigenvalue weighted by Gasteiger charge is -2.30. The second kappa shape index (κ2) is 5.51. The molecule has 19 heavy (non-hydrogen) atoms. The molecule has 1 N–H and O–H groups in total. The summed E-state index contributed by atoms with van der Waals surface area (Å²) in [5, 5.41) is 0.154. The van der Waals surface area contributed by atoms with Crippen molar-refractivity contribution in [2.45, 2.75) is 39.2 Å². The zero-order valence-electron chi connectivity index (χ0n) is 11.4. The Bertz CT molecular complexity index is 576. The molecule has 0 amide bonds. The molecule has 1 aromatic heterocycles. The van der Waals surface area contributed by atoms with Crippen LogP contribution in [0.4, 0.5) is 0 Å². The number of aromatic amines is 1. The molecule has 0 saturated carbocycles. The minimum absolute atomic E-state index is 0.0294. The number of H-pyrrole nitrogens is 1. The van der Waals surface area contributed by atoms with Crippen LogP contribution >= 0.6 is 11.6 Å². The summed E-state index contributed by atoms with van der Waals surface area (Å²) >= 11 is 5.98. The van der Waals surface area contributed by atoms with E-state index >= 15 is 0 Å². The molecule has 0 spiro atoms. The molecular formula is C13H19ClN2O3. The minimum atomic E-state index is -0.432. The van der Waals surface area contributed by atoms with Crippen molar-refractivity contribution in [2.75, 3.05) is 13.2 Å². The van der Waals surface area contributed by atoms with Crippen molar-refractivity contribution in [2.24, 2.45) is 5.92 Å². The van der Waals surface area contributed by atoms with Crippen molar-refractivity contribution in [3.8, 4) is 0 Å². The topological polar surface area (TPSA) is 64.1 Å². The van der Waals surface area contributed by atoms with Gasteiger partial charge in [-0.1, -0.05) is 32.4 Å². The van der Waals surface area contributed by atoms with Crippen LogP contribution in [0.2, 0.25) is 5.15 Å². The van der Waals surface area contributed by atoms with Gasteiger partial charge in [-0.25, -0.2) is 4.79 Å². The first-order valence-electron chi connectivity index (χ1n) is 6.55. The minimum Gasteiger partial charge on any atom is -0.381 e. The maximum absolute atomic E-state index is 12.5. The lowest BCUT2D eigenvalue weighted by atomic mass is 9.97. The quantitative estimate of drug-likeness (QED) is 0.845. The molecule has 6 heteroatoms. The Hall–Kier alpha value is -1.07. The Balaban J connectivity index is 2.60. The summed E-state index contributed by atoms with van der Waals surface area (Å²) in [6, 6.07) is -0.125. The number of nitrogens with one attached hydrogen (secondary N) is 1. The van der Waals surface area contributed by atoms with Crippen LogP contribution in [0.3, 0.4) is 0 Å². The van der Waals surface area contributed by atoms with E-state index in [1.54, 1.807) is 0 Å². The highest BCUT2D eigenvalue weighted by atomic mass is 35.5. The molecule has 1 aliphatic heterocycles. The molecule has 2 unspecified atom stereocenters. The Labute approximate surface area is 116 Å². The van der Waals surface area contributed by atoms with Crippen LogP contribution in [0.25, 0.3) is 0 Å². The molecule has 0 aromatic carbocycles. The fourth-order valence-electron chi connectivity index (χ4n) is 2.59. The Morgan fingerprint density at radius 2 is 2.11 bits per heavy atom. The van der Waals surface area contributed by atoms with Crippen LogP contribution in [0.5, 0.6) is 0 Å². The van der Waals surface area contributed by atoms with Crippen molar-refractivity contribution < 1.29 is 4.74 Å². The van der Waals surface area contributed by atoms with Gasteiger partial charge in [0, 0.05) is 18.6 Å². The zero-order chi connectivity index (χ0) is 14.2. The number of aromatic nitrogens is 2. The SMILES string of the molecule is CC(C)c1c(Cl)[nH]c(=O)n(C2CCOCC2C)c1=O. The largest absolute Gasteiger partial charge is 0.381 e. The summed E-state index contributed by atoms with van der Waals surface area (Å²) in [5.41, 5.74) is -0.236. The molecule has 0 bridgehead atoms. The Morgan fingerprint density at radius 3 is 2.68 bits per heavy atom. The van der Waals surface area contributed by atoms with Crippen molar-refractivity contribution in [3.63, 3.8) is 0 Å². The summed E-state index contributed by atoms with van der Waals surface area (Å²) in [6.07, 6.45) is 0.670. The van der Waals surface area contributed by atoms with Crippen LogP contribution in [-0.2, 0) is 4.74 Å². The van der Waals surface area contributed by atoms with E-state index in [2.05, 4.69) is 4.98 Å². The zero-order valence-corrected chi connectivity index (χ0v) is 12.2. The lowest BCUT2D eigenvalue weighted by Crippen LogP contribution is -2.44. The highest BCUT2D eigenvalue weighted by molar-refractivity contribution is 6.30. The second-order valence-corrected chi connectivity index (χ2v) is 5.77. The van der Waals surface area contributed by atoms with Crippen LogP contribution in [0.1, 0.15) is 44.7 Å². The molecule has 0 aliphatic carbocycles. The van der Waals surface area contributed by atoms with Crippen molar-refractivity contribution in [3.05, 3.63) is 31.6 Å². The summed E-state index contributed by atoms with van der Waals surface area (Å²) in [7, 11) is 0. The third-order valence-electron chi connectivity index (χ3n) is 3.63. The first-order chi connectivity index (χ1) is 8.93. The van der Waals surface area contributed by atoms with Gasteiger partial charge in [-0.2, -0.15) is 0 Å². The van der Waals surface area contributed by atoms with Crippen LogP contribution in [0, 0.1) is 5.92 Å². The molecule has 0 radical (unpaired) electrons. The third kappa shape index (κ3) is 2.62. The molecule has 106 valence electrons. The van der Waals surface area contributed by atoms with Crippen molar-refractivity contribution >= 4 is 11.6 Å². The van der Waals surface area contributed by atoms with Crippen LogP contribution in [-0.4, -0.2) is 22.8 Å². The maximum Gasteiger partial charge on any atom is 0.329 e. The van der Waals surface area contributed by atoms with Crippen molar-refractivity contribution in [1.29, 1.82) is 0 Å². The molecule has 5 nitrogen and oxygen atoms in total. The number of ether oxygens (including phenoxy) is 1. The number of nitrogens with zero attached hydrogens (tertiary/aromatic N) is 1. The molecule has 1 aromatic rings. The normalized spacial score (nSPS) is 23.8. The van der Waals surface area contributed by atoms with E-state index in [1.807, 2.05) is 20.8 Å². The highest BCUT2D eigenvalue weighted by Gasteiger charge is 2.28. The number of halogens is 1. The summed E-state index contributed by atoms with van der Waals surface area (Å²) in [4.78, 5) is 27.2. The molecule has 2 heterocycles. The van der Waals surface area contributed by atoms with Gasteiger partial charge < -0.3 is 4.74 Å². The van der Waals surface area contributed by atoms with Gasteiger partial charge in [-0.15, -0.1) is 0 Å².